The topological polar surface area (TPSA) is 78.9 Å². The minimum atomic E-state index is -0.805. The van der Waals surface area contributed by atoms with Crippen molar-refractivity contribution in [1.29, 1.82) is 0 Å². The number of allylic oxidation sites excluding steroid dienone is 20. The van der Waals surface area contributed by atoms with Crippen LogP contribution in [0.15, 0.2) is 122 Å². The molecule has 0 saturated heterocycles. The quantitative estimate of drug-likeness (QED) is 0.0261. The first-order valence-corrected chi connectivity index (χ1v) is 33.0. The van der Waals surface area contributed by atoms with Crippen molar-refractivity contribution in [1.82, 2.24) is 0 Å². The zero-order chi connectivity index (χ0) is 57.1. The first-order chi connectivity index (χ1) is 39.0. The van der Waals surface area contributed by atoms with E-state index in [9.17, 15) is 14.4 Å². The van der Waals surface area contributed by atoms with Crippen LogP contribution in [0.3, 0.4) is 0 Å². The van der Waals surface area contributed by atoms with Gasteiger partial charge in [-0.1, -0.05) is 271 Å². The summed E-state index contributed by atoms with van der Waals surface area (Å²) < 4.78 is 16.9. The van der Waals surface area contributed by atoms with E-state index >= 15 is 0 Å². The van der Waals surface area contributed by atoms with E-state index in [1.165, 1.54) is 148 Å². The summed E-state index contributed by atoms with van der Waals surface area (Å²) in [4.78, 5) is 38.3. The molecule has 0 amide bonds. The lowest BCUT2D eigenvalue weighted by molar-refractivity contribution is -0.167. The predicted molar refractivity (Wildman–Crippen MR) is 343 cm³/mol. The molecule has 0 N–H and O–H groups in total. The van der Waals surface area contributed by atoms with Crippen LogP contribution < -0.4 is 0 Å². The predicted octanol–water partition coefficient (Wildman–Crippen LogP) is 22.8. The van der Waals surface area contributed by atoms with E-state index in [4.69, 9.17) is 14.2 Å². The zero-order valence-electron chi connectivity index (χ0n) is 51.6. The Morgan fingerprint density at radius 3 is 0.810 bits per heavy atom. The number of rotatable bonds is 59. The molecule has 0 fully saturated rings. The molecule has 0 aliphatic heterocycles. The Labute approximate surface area is 488 Å². The maximum absolute atomic E-state index is 12.9. The van der Waals surface area contributed by atoms with Crippen LogP contribution in [0, 0.1) is 0 Å². The molecule has 79 heavy (non-hydrogen) atoms. The number of carbonyl (C=O) groups excluding carboxylic acids is 3. The van der Waals surface area contributed by atoms with Crippen molar-refractivity contribution < 1.29 is 28.6 Å². The van der Waals surface area contributed by atoms with Crippen molar-refractivity contribution in [3.8, 4) is 0 Å². The Morgan fingerprint density at radius 1 is 0.266 bits per heavy atom. The molecular formula is C73H122O6. The second kappa shape index (κ2) is 66.3. The SMILES string of the molecule is CC/C=C\C/C=C\C/C=C\C/C=C\C/C=C\C/C=C\C/C=C\C/C=C\CCCCC(=O)OCC(COC(=O)CCCCCCC/C=C\CCCCCCCC)OC(=O)CCCCCCCCCCC/C=C\CCCCCCCC. The molecule has 1 unspecified atom stereocenters. The third-order valence-corrected chi connectivity index (χ3v) is 13.9. The van der Waals surface area contributed by atoms with Gasteiger partial charge in [0.25, 0.3) is 0 Å². The number of esters is 3. The van der Waals surface area contributed by atoms with E-state index in [2.05, 4.69) is 142 Å². The van der Waals surface area contributed by atoms with Gasteiger partial charge >= 0.3 is 17.9 Å². The maximum Gasteiger partial charge on any atom is 0.306 e. The molecule has 0 radical (unpaired) electrons. The average molecular weight is 1100 g/mol. The van der Waals surface area contributed by atoms with Crippen molar-refractivity contribution in [2.24, 2.45) is 0 Å². The fourth-order valence-corrected chi connectivity index (χ4v) is 8.98. The standard InChI is InChI=1S/C73H122O6/c1-4-7-10-13-16-19-22-25-28-30-32-33-34-35-36-37-38-39-41-42-45-48-51-54-57-60-63-66-72(75)78-69-70(68-77-71(74)65-62-59-56-53-50-47-44-27-24-21-18-15-12-9-6-3)79-73(76)67-64-61-58-55-52-49-46-43-40-31-29-26-23-20-17-14-11-8-5-2/h7,10,16,19,25-29,32-33,35-36,38-39,42,44-45,51,54,70H,4-6,8-9,11-15,17-18,20-24,30-31,34,37,40-41,43,46-50,52-53,55-69H2,1-3H3/b10-7-,19-16-,28-25-,29-26-,33-32-,36-35-,39-38-,44-27-,45-42-,54-51-. The molecule has 0 spiro atoms. The van der Waals surface area contributed by atoms with Gasteiger partial charge in [0.05, 0.1) is 0 Å². The Balaban J connectivity index is 4.46. The number of carbonyl (C=O) groups is 3. The number of hydrogen-bond acceptors (Lipinski definition) is 6. The second-order valence-corrected chi connectivity index (χ2v) is 21.6. The van der Waals surface area contributed by atoms with E-state index in [1.807, 2.05) is 0 Å². The summed E-state index contributed by atoms with van der Waals surface area (Å²) in [6.07, 6.45) is 92.0. The van der Waals surface area contributed by atoms with Crippen molar-refractivity contribution in [2.75, 3.05) is 13.2 Å². The zero-order valence-corrected chi connectivity index (χ0v) is 51.6. The van der Waals surface area contributed by atoms with Gasteiger partial charge in [0.15, 0.2) is 6.10 Å². The number of ether oxygens (including phenoxy) is 3. The monoisotopic (exact) mass is 1090 g/mol. The summed E-state index contributed by atoms with van der Waals surface area (Å²) in [7, 11) is 0. The molecule has 6 nitrogen and oxygen atoms in total. The molecular weight excluding hydrogens is 973 g/mol. The first kappa shape index (κ1) is 74.8. The molecule has 6 heteroatoms. The van der Waals surface area contributed by atoms with Crippen LogP contribution in [0.5, 0.6) is 0 Å². The van der Waals surface area contributed by atoms with Crippen LogP contribution >= 0.6 is 0 Å². The highest BCUT2D eigenvalue weighted by Crippen LogP contribution is 2.15. The van der Waals surface area contributed by atoms with Gasteiger partial charge in [0, 0.05) is 19.3 Å². The lowest BCUT2D eigenvalue weighted by Crippen LogP contribution is -2.30. The summed E-state index contributed by atoms with van der Waals surface area (Å²) >= 11 is 0. The van der Waals surface area contributed by atoms with Crippen LogP contribution in [0.4, 0.5) is 0 Å². The van der Waals surface area contributed by atoms with Crippen molar-refractivity contribution in [2.45, 2.75) is 309 Å². The van der Waals surface area contributed by atoms with Crippen molar-refractivity contribution in [3.05, 3.63) is 122 Å². The first-order valence-electron chi connectivity index (χ1n) is 33.0. The van der Waals surface area contributed by atoms with Crippen LogP contribution in [0.25, 0.3) is 0 Å². The molecule has 0 aromatic heterocycles. The van der Waals surface area contributed by atoms with Gasteiger partial charge in [-0.2, -0.15) is 0 Å². The van der Waals surface area contributed by atoms with Gasteiger partial charge in [-0.3, -0.25) is 14.4 Å². The Kier molecular flexibility index (Phi) is 62.8. The van der Waals surface area contributed by atoms with Gasteiger partial charge in [-0.25, -0.2) is 0 Å². The van der Waals surface area contributed by atoms with Crippen LogP contribution in [0.2, 0.25) is 0 Å². The molecule has 0 rings (SSSR count). The normalized spacial score (nSPS) is 12.9. The van der Waals surface area contributed by atoms with Gasteiger partial charge in [-0.05, 0) is 135 Å². The van der Waals surface area contributed by atoms with E-state index in [-0.39, 0.29) is 31.1 Å². The lowest BCUT2D eigenvalue weighted by atomic mass is 10.1. The minimum absolute atomic E-state index is 0.0982. The van der Waals surface area contributed by atoms with Gasteiger partial charge < -0.3 is 14.2 Å². The highest BCUT2D eigenvalue weighted by atomic mass is 16.6. The summed E-state index contributed by atoms with van der Waals surface area (Å²) in [5.41, 5.74) is 0. The fraction of sp³-hybridized carbons (Fsp3) is 0.685. The van der Waals surface area contributed by atoms with Crippen LogP contribution in [0.1, 0.15) is 303 Å². The van der Waals surface area contributed by atoms with Crippen molar-refractivity contribution in [3.63, 3.8) is 0 Å². The van der Waals surface area contributed by atoms with E-state index in [1.54, 1.807) is 0 Å². The van der Waals surface area contributed by atoms with Crippen LogP contribution in [-0.2, 0) is 28.6 Å². The second-order valence-electron chi connectivity index (χ2n) is 21.6. The summed E-state index contributed by atoms with van der Waals surface area (Å²) in [6.45, 7) is 6.49. The van der Waals surface area contributed by atoms with Gasteiger partial charge in [0.2, 0.25) is 0 Å². The third kappa shape index (κ3) is 64.5. The molecule has 1 atom stereocenters. The molecule has 0 bridgehead atoms. The summed E-state index contributed by atoms with van der Waals surface area (Å²) in [6, 6.07) is 0. The third-order valence-electron chi connectivity index (χ3n) is 13.9. The maximum atomic E-state index is 12.9. The highest BCUT2D eigenvalue weighted by molar-refractivity contribution is 5.71. The molecule has 0 aliphatic rings. The minimum Gasteiger partial charge on any atom is -0.462 e. The molecule has 0 aromatic rings. The number of hydrogen-bond donors (Lipinski definition) is 0. The molecule has 0 heterocycles. The largest absolute Gasteiger partial charge is 0.462 e. The summed E-state index contributed by atoms with van der Waals surface area (Å²) in [5, 5.41) is 0. The average Bonchev–Trinajstić information content (AvgIpc) is 3.45. The summed E-state index contributed by atoms with van der Waals surface area (Å²) in [5.74, 6) is -0.947. The number of unbranched alkanes of at least 4 members (excludes halogenated alkanes) is 28. The molecule has 450 valence electrons. The van der Waals surface area contributed by atoms with Gasteiger partial charge in [0.1, 0.15) is 13.2 Å². The molecule has 0 aromatic carbocycles. The fourth-order valence-electron chi connectivity index (χ4n) is 8.98. The van der Waals surface area contributed by atoms with Crippen LogP contribution in [-0.4, -0.2) is 37.2 Å². The Hall–Kier alpha value is -4.19. The van der Waals surface area contributed by atoms with Crippen molar-refractivity contribution >= 4 is 17.9 Å². The highest BCUT2D eigenvalue weighted by Gasteiger charge is 2.19. The van der Waals surface area contributed by atoms with E-state index in [0.717, 1.165) is 109 Å². The van der Waals surface area contributed by atoms with E-state index < -0.39 is 6.10 Å². The van der Waals surface area contributed by atoms with E-state index in [0.29, 0.717) is 25.7 Å². The Bertz CT molecular complexity index is 1640. The Morgan fingerprint density at radius 2 is 0.494 bits per heavy atom. The van der Waals surface area contributed by atoms with Gasteiger partial charge in [-0.15, -0.1) is 0 Å². The lowest BCUT2D eigenvalue weighted by Gasteiger charge is -2.18. The smallest absolute Gasteiger partial charge is 0.306 e. The molecule has 0 saturated carbocycles. The molecule has 0 aliphatic carbocycles.